The zero-order valence-corrected chi connectivity index (χ0v) is 21.8. The van der Waals surface area contributed by atoms with E-state index in [4.69, 9.17) is 17.3 Å². The molecule has 1 aromatic heterocycles. The highest BCUT2D eigenvalue weighted by Gasteiger charge is 2.19. The van der Waals surface area contributed by atoms with Crippen LogP contribution < -0.4 is 21.9 Å². The topological polar surface area (TPSA) is 114 Å². The van der Waals surface area contributed by atoms with Crippen molar-refractivity contribution in [3.05, 3.63) is 111 Å². The number of carbonyl (C=O) groups excluding carboxylic acids is 1. The molecule has 8 nitrogen and oxygen atoms in total. The zero-order valence-electron chi connectivity index (χ0n) is 21.0. The molecule has 38 heavy (non-hydrogen) atoms. The third-order valence-corrected chi connectivity index (χ3v) is 6.18. The Hall–Kier alpha value is -4.43. The molecule has 1 heterocycles. The summed E-state index contributed by atoms with van der Waals surface area (Å²) in [6.45, 7) is 2.51. The molecule has 0 aliphatic rings. The first-order valence-electron chi connectivity index (χ1n) is 12.2. The number of anilines is 1. The second-order valence-electron chi connectivity index (χ2n) is 8.74. The highest BCUT2D eigenvalue weighted by molar-refractivity contribution is 6.32. The largest absolute Gasteiger partial charge is 0.390 e. The van der Waals surface area contributed by atoms with Crippen molar-refractivity contribution >= 4 is 35.4 Å². The van der Waals surface area contributed by atoms with Gasteiger partial charge in [0.2, 0.25) is 5.91 Å². The Morgan fingerprint density at radius 1 is 1.05 bits per heavy atom. The summed E-state index contributed by atoms with van der Waals surface area (Å²) in [6.07, 6.45) is 1.93. The van der Waals surface area contributed by atoms with Crippen LogP contribution in [0.1, 0.15) is 16.7 Å². The molecule has 0 spiro atoms. The van der Waals surface area contributed by atoms with E-state index in [2.05, 4.69) is 20.6 Å². The second kappa shape index (κ2) is 12.7. The number of nitrogens with two attached hydrogens (primary N) is 1. The van der Waals surface area contributed by atoms with Crippen LogP contribution >= 0.6 is 11.6 Å². The summed E-state index contributed by atoms with van der Waals surface area (Å²) in [5.41, 5.74) is 9.74. The number of amides is 1. The van der Waals surface area contributed by atoms with Crippen LogP contribution in [0.5, 0.6) is 0 Å². The van der Waals surface area contributed by atoms with Crippen molar-refractivity contribution in [2.75, 3.05) is 11.9 Å². The van der Waals surface area contributed by atoms with Crippen LogP contribution in [0.3, 0.4) is 0 Å². The Kier molecular flexibility index (Phi) is 8.89. The molecular formula is C29H29ClN6O2. The number of aliphatic imine (C=N–C) groups is 1. The average molecular weight is 529 g/mol. The average Bonchev–Trinajstić information content (AvgIpc) is 2.91. The number of aromatic nitrogens is 2. The lowest BCUT2D eigenvalue weighted by atomic mass is 10.1. The smallest absolute Gasteiger partial charge is 0.294 e. The molecule has 0 unspecified atom stereocenters. The van der Waals surface area contributed by atoms with Crippen LogP contribution in [0.15, 0.2) is 88.6 Å². The summed E-state index contributed by atoms with van der Waals surface area (Å²) in [7, 11) is 0. The van der Waals surface area contributed by atoms with Gasteiger partial charge < -0.3 is 16.4 Å². The van der Waals surface area contributed by atoms with E-state index in [-0.39, 0.29) is 23.4 Å². The minimum Gasteiger partial charge on any atom is -0.390 e. The first-order valence-corrected chi connectivity index (χ1v) is 12.6. The van der Waals surface area contributed by atoms with Crippen molar-refractivity contribution in [2.45, 2.75) is 26.4 Å². The van der Waals surface area contributed by atoms with Crippen LogP contribution in [0.2, 0.25) is 5.15 Å². The zero-order chi connectivity index (χ0) is 26.9. The molecule has 4 rings (SSSR count). The van der Waals surface area contributed by atoms with Gasteiger partial charge in [-0.15, -0.1) is 0 Å². The molecule has 3 aromatic carbocycles. The number of aryl methyl sites for hydroxylation is 1. The fourth-order valence-electron chi connectivity index (χ4n) is 4.03. The van der Waals surface area contributed by atoms with Gasteiger partial charge in [0, 0.05) is 18.7 Å². The summed E-state index contributed by atoms with van der Waals surface area (Å²) >= 11 is 6.62. The maximum atomic E-state index is 13.5. The summed E-state index contributed by atoms with van der Waals surface area (Å²) in [5, 5.41) is 6.11. The standard InChI is InChI=1S/C29H29ClN6O2/c1-20-6-5-9-23(16-20)26-27(30)35-28(32-15-14-21-7-3-2-4-8-21)29(38)36(26)18-25(37)33-17-22-10-12-24(13-11-22)34-19-31/h2-13,16,19H,14-15,17-18H2,1H3,(H2,31,34)(H,32,35)(H,33,37). The second-order valence-corrected chi connectivity index (χ2v) is 9.10. The summed E-state index contributed by atoms with van der Waals surface area (Å²) in [4.78, 5) is 34.9. The predicted octanol–water partition coefficient (Wildman–Crippen LogP) is 4.46. The lowest BCUT2D eigenvalue weighted by molar-refractivity contribution is -0.121. The van der Waals surface area contributed by atoms with Crippen LogP contribution in [0.4, 0.5) is 11.5 Å². The highest BCUT2D eigenvalue weighted by Crippen LogP contribution is 2.27. The molecule has 0 aliphatic heterocycles. The Balaban J connectivity index is 1.57. The van der Waals surface area contributed by atoms with E-state index in [0.717, 1.165) is 22.4 Å². The fraction of sp³-hybridized carbons (Fsp3) is 0.172. The molecular weight excluding hydrogens is 500 g/mol. The SMILES string of the molecule is Cc1cccc(-c2c(Cl)nc(NCCc3ccccc3)c(=O)n2CC(=O)NCc2ccc(N=CN)cc2)c1. The molecule has 0 bridgehead atoms. The molecule has 0 saturated heterocycles. The molecule has 9 heteroatoms. The van der Waals surface area contributed by atoms with E-state index < -0.39 is 5.56 Å². The molecule has 194 valence electrons. The van der Waals surface area contributed by atoms with Gasteiger partial charge in [-0.1, -0.05) is 77.8 Å². The molecule has 0 saturated carbocycles. The minimum absolute atomic E-state index is 0.103. The van der Waals surface area contributed by atoms with E-state index in [1.807, 2.05) is 73.7 Å². The van der Waals surface area contributed by atoms with Crippen molar-refractivity contribution in [1.82, 2.24) is 14.9 Å². The van der Waals surface area contributed by atoms with Gasteiger partial charge in [0.25, 0.3) is 5.56 Å². The summed E-state index contributed by atoms with van der Waals surface area (Å²) in [5.74, 6) is -0.228. The fourth-order valence-corrected chi connectivity index (χ4v) is 4.32. The normalized spacial score (nSPS) is 11.0. The number of hydrogen-bond donors (Lipinski definition) is 3. The maximum absolute atomic E-state index is 13.5. The lowest BCUT2D eigenvalue weighted by Crippen LogP contribution is -2.34. The Labute approximate surface area is 226 Å². The molecule has 0 atom stereocenters. The number of rotatable bonds is 10. The molecule has 1 amide bonds. The quantitative estimate of drug-likeness (QED) is 0.208. The number of benzene rings is 3. The van der Waals surface area contributed by atoms with E-state index in [9.17, 15) is 9.59 Å². The Bertz CT molecular complexity index is 1480. The summed E-state index contributed by atoms with van der Waals surface area (Å²) in [6, 6.07) is 24.8. The Morgan fingerprint density at radius 2 is 1.82 bits per heavy atom. The third kappa shape index (κ3) is 6.86. The monoisotopic (exact) mass is 528 g/mol. The number of nitrogens with zero attached hydrogens (tertiary/aromatic N) is 3. The third-order valence-electron chi connectivity index (χ3n) is 5.91. The van der Waals surface area contributed by atoms with Gasteiger partial charge in [-0.3, -0.25) is 14.2 Å². The van der Waals surface area contributed by atoms with Crippen LogP contribution in [-0.4, -0.2) is 28.3 Å². The van der Waals surface area contributed by atoms with Gasteiger partial charge in [-0.05, 0) is 42.7 Å². The first-order chi connectivity index (χ1) is 18.4. The molecule has 0 radical (unpaired) electrons. The van der Waals surface area contributed by atoms with Crippen molar-refractivity contribution in [2.24, 2.45) is 10.7 Å². The van der Waals surface area contributed by atoms with E-state index >= 15 is 0 Å². The van der Waals surface area contributed by atoms with E-state index in [1.165, 1.54) is 10.9 Å². The van der Waals surface area contributed by atoms with Gasteiger partial charge in [-0.2, -0.15) is 0 Å². The predicted molar refractivity (Wildman–Crippen MR) is 153 cm³/mol. The number of halogens is 1. The number of hydrogen-bond acceptors (Lipinski definition) is 5. The molecule has 0 fully saturated rings. The summed E-state index contributed by atoms with van der Waals surface area (Å²) < 4.78 is 1.38. The highest BCUT2D eigenvalue weighted by atomic mass is 35.5. The Morgan fingerprint density at radius 3 is 2.53 bits per heavy atom. The lowest BCUT2D eigenvalue weighted by Gasteiger charge is -2.17. The van der Waals surface area contributed by atoms with E-state index in [1.54, 1.807) is 12.1 Å². The van der Waals surface area contributed by atoms with Crippen molar-refractivity contribution in [3.63, 3.8) is 0 Å². The maximum Gasteiger partial charge on any atom is 0.294 e. The van der Waals surface area contributed by atoms with Crippen molar-refractivity contribution in [3.8, 4) is 11.3 Å². The molecule has 4 aromatic rings. The van der Waals surface area contributed by atoms with Gasteiger partial charge in [0.05, 0.1) is 17.7 Å². The van der Waals surface area contributed by atoms with Crippen LogP contribution in [0.25, 0.3) is 11.3 Å². The molecule has 0 aliphatic carbocycles. The van der Waals surface area contributed by atoms with Crippen molar-refractivity contribution in [1.29, 1.82) is 0 Å². The minimum atomic E-state index is -0.418. The number of carbonyl (C=O) groups is 1. The van der Waals surface area contributed by atoms with Gasteiger partial charge in [0.1, 0.15) is 6.54 Å². The van der Waals surface area contributed by atoms with Crippen molar-refractivity contribution < 1.29 is 4.79 Å². The van der Waals surface area contributed by atoms with E-state index in [0.29, 0.717) is 30.8 Å². The van der Waals surface area contributed by atoms with Gasteiger partial charge in [0.15, 0.2) is 11.0 Å². The van der Waals surface area contributed by atoms with Gasteiger partial charge in [-0.25, -0.2) is 9.98 Å². The van der Waals surface area contributed by atoms with Crippen LogP contribution in [0, 0.1) is 6.92 Å². The van der Waals surface area contributed by atoms with Gasteiger partial charge >= 0.3 is 0 Å². The first kappa shape index (κ1) is 26.6. The number of nitrogens with one attached hydrogen (secondary N) is 2. The van der Waals surface area contributed by atoms with Crippen LogP contribution in [-0.2, 0) is 24.3 Å². The molecule has 4 N–H and O–H groups in total.